The van der Waals surface area contributed by atoms with Gasteiger partial charge in [-0.15, -0.1) is 0 Å². The molecule has 0 spiro atoms. The summed E-state index contributed by atoms with van der Waals surface area (Å²) in [7, 11) is 0. The van der Waals surface area contributed by atoms with E-state index in [4.69, 9.17) is 4.74 Å². The maximum atomic E-state index is 11.0. The summed E-state index contributed by atoms with van der Waals surface area (Å²) in [6, 6.07) is 0. The number of hydrogen-bond donors (Lipinski definition) is 0. The molecular formula is C12H16O2. The van der Waals surface area contributed by atoms with Crippen molar-refractivity contribution >= 4 is 5.97 Å². The van der Waals surface area contributed by atoms with E-state index < -0.39 is 0 Å². The van der Waals surface area contributed by atoms with Gasteiger partial charge < -0.3 is 4.74 Å². The standard InChI is InChI=1S/C12H16O2/c1-3-10-6-5-7-11(10)8-9-12(13)14-4-2/h5-10H,3-4H2,1-2H3/b9-8+. The van der Waals surface area contributed by atoms with Crippen molar-refractivity contribution in [3.63, 3.8) is 0 Å². The Kier molecular flexibility index (Phi) is 4.17. The Bertz CT molecular complexity index is 285. The van der Waals surface area contributed by atoms with Gasteiger partial charge in [-0.1, -0.05) is 31.2 Å². The highest BCUT2D eigenvalue weighted by Gasteiger charge is 2.09. The van der Waals surface area contributed by atoms with E-state index in [-0.39, 0.29) is 5.97 Å². The smallest absolute Gasteiger partial charge is 0.330 e. The van der Waals surface area contributed by atoms with Crippen LogP contribution in [0.2, 0.25) is 0 Å². The Morgan fingerprint density at radius 2 is 2.36 bits per heavy atom. The lowest BCUT2D eigenvalue weighted by molar-refractivity contribution is -0.137. The summed E-state index contributed by atoms with van der Waals surface area (Å²) >= 11 is 0. The third-order valence-electron chi connectivity index (χ3n) is 2.20. The minimum atomic E-state index is -0.268. The van der Waals surface area contributed by atoms with Gasteiger partial charge in [-0.3, -0.25) is 0 Å². The summed E-state index contributed by atoms with van der Waals surface area (Å²) in [5.41, 5.74) is 1.18. The molecule has 0 heterocycles. The van der Waals surface area contributed by atoms with Crippen molar-refractivity contribution in [1.82, 2.24) is 0 Å². The van der Waals surface area contributed by atoms with E-state index in [0.717, 1.165) is 6.42 Å². The maximum Gasteiger partial charge on any atom is 0.330 e. The molecule has 1 rings (SSSR count). The van der Waals surface area contributed by atoms with Crippen molar-refractivity contribution in [3.8, 4) is 0 Å². The number of carbonyl (C=O) groups is 1. The predicted octanol–water partition coefficient (Wildman–Crippen LogP) is 2.63. The normalized spacial score (nSPS) is 20.1. The monoisotopic (exact) mass is 192 g/mol. The van der Waals surface area contributed by atoms with E-state index in [1.807, 2.05) is 18.2 Å². The first-order valence-corrected chi connectivity index (χ1v) is 5.01. The summed E-state index contributed by atoms with van der Waals surface area (Å²) in [5, 5.41) is 0. The van der Waals surface area contributed by atoms with Crippen LogP contribution < -0.4 is 0 Å². The molecule has 0 saturated carbocycles. The first kappa shape index (κ1) is 10.8. The molecule has 0 aromatic carbocycles. The van der Waals surface area contributed by atoms with Gasteiger partial charge in [0, 0.05) is 12.0 Å². The highest BCUT2D eigenvalue weighted by atomic mass is 16.5. The highest BCUT2D eigenvalue weighted by Crippen LogP contribution is 2.23. The zero-order valence-electron chi connectivity index (χ0n) is 8.69. The number of ether oxygens (including phenoxy) is 1. The molecule has 1 aliphatic carbocycles. The van der Waals surface area contributed by atoms with Gasteiger partial charge in [-0.25, -0.2) is 4.79 Å². The largest absolute Gasteiger partial charge is 0.463 e. The van der Waals surface area contributed by atoms with E-state index in [0.29, 0.717) is 12.5 Å². The van der Waals surface area contributed by atoms with Gasteiger partial charge in [-0.2, -0.15) is 0 Å². The van der Waals surface area contributed by atoms with Crippen molar-refractivity contribution in [2.75, 3.05) is 6.61 Å². The molecule has 2 nitrogen and oxygen atoms in total. The van der Waals surface area contributed by atoms with Crippen LogP contribution in [0, 0.1) is 5.92 Å². The topological polar surface area (TPSA) is 26.3 Å². The summed E-state index contributed by atoms with van der Waals surface area (Å²) < 4.78 is 4.80. The number of hydrogen-bond acceptors (Lipinski definition) is 2. The van der Waals surface area contributed by atoms with Gasteiger partial charge in [-0.05, 0) is 18.9 Å². The second-order valence-electron chi connectivity index (χ2n) is 3.15. The van der Waals surface area contributed by atoms with Crippen LogP contribution in [0.5, 0.6) is 0 Å². The van der Waals surface area contributed by atoms with E-state index in [2.05, 4.69) is 13.0 Å². The lowest BCUT2D eigenvalue weighted by Crippen LogP contribution is -2.00. The average Bonchev–Trinajstić information content (AvgIpc) is 2.62. The van der Waals surface area contributed by atoms with E-state index in [1.54, 1.807) is 6.92 Å². The number of allylic oxidation sites excluding steroid dienone is 5. The molecule has 2 heteroatoms. The predicted molar refractivity (Wildman–Crippen MR) is 56.8 cm³/mol. The maximum absolute atomic E-state index is 11.0. The van der Waals surface area contributed by atoms with Crippen molar-refractivity contribution in [2.45, 2.75) is 20.3 Å². The fraction of sp³-hybridized carbons (Fsp3) is 0.417. The molecule has 1 unspecified atom stereocenters. The van der Waals surface area contributed by atoms with Crippen LogP contribution >= 0.6 is 0 Å². The molecule has 0 N–H and O–H groups in total. The quantitative estimate of drug-likeness (QED) is 0.505. The van der Waals surface area contributed by atoms with Gasteiger partial charge in [0.15, 0.2) is 0 Å². The van der Waals surface area contributed by atoms with Crippen LogP contribution in [0.15, 0.2) is 36.0 Å². The second-order valence-corrected chi connectivity index (χ2v) is 3.15. The Hall–Kier alpha value is -1.31. The lowest BCUT2D eigenvalue weighted by Gasteiger charge is -2.05. The van der Waals surface area contributed by atoms with Crippen LogP contribution in [-0.2, 0) is 9.53 Å². The van der Waals surface area contributed by atoms with Gasteiger partial charge in [0.1, 0.15) is 0 Å². The molecule has 0 aliphatic heterocycles. The first-order valence-electron chi connectivity index (χ1n) is 5.01. The molecule has 0 radical (unpaired) electrons. The van der Waals surface area contributed by atoms with Crippen molar-refractivity contribution in [2.24, 2.45) is 5.92 Å². The van der Waals surface area contributed by atoms with Crippen LogP contribution in [-0.4, -0.2) is 12.6 Å². The summed E-state index contributed by atoms with van der Waals surface area (Å²) in [6.07, 6.45) is 10.6. The van der Waals surface area contributed by atoms with E-state index in [9.17, 15) is 4.79 Å². The minimum absolute atomic E-state index is 0.268. The molecular weight excluding hydrogens is 176 g/mol. The Morgan fingerprint density at radius 1 is 1.57 bits per heavy atom. The fourth-order valence-electron chi connectivity index (χ4n) is 1.44. The summed E-state index contributed by atoms with van der Waals surface area (Å²) in [4.78, 5) is 11.0. The Labute approximate surface area is 85.0 Å². The molecule has 1 atom stereocenters. The minimum Gasteiger partial charge on any atom is -0.463 e. The fourth-order valence-corrected chi connectivity index (χ4v) is 1.44. The Morgan fingerprint density at radius 3 is 3.00 bits per heavy atom. The third kappa shape index (κ3) is 2.87. The third-order valence-corrected chi connectivity index (χ3v) is 2.20. The van der Waals surface area contributed by atoms with Gasteiger partial charge in [0.05, 0.1) is 6.61 Å². The molecule has 0 bridgehead atoms. The summed E-state index contributed by atoms with van der Waals surface area (Å²) in [5.74, 6) is 0.191. The first-order chi connectivity index (χ1) is 6.77. The lowest BCUT2D eigenvalue weighted by atomic mass is 10.00. The summed E-state index contributed by atoms with van der Waals surface area (Å²) in [6.45, 7) is 4.36. The van der Waals surface area contributed by atoms with Gasteiger partial charge >= 0.3 is 5.97 Å². The molecule has 14 heavy (non-hydrogen) atoms. The van der Waals surface area contributed by atoms with E-state index in [1.165, 1.54) is 11.6 Å². The molecule has 0 amide bonds. The highest BCUT2D eigenvalue weighted by molar-refractivity contribution is 5.82. The van der Waals surface area contributed by atoms with Gasteiger partial charge in [0.2, 0.25) is 0 Å². The second kappa shape index (κ2) is 5.43. The average molecular weight is 192 g/mol. The van der Waals surface area contributed by atoms with Crippen molar-refractivity contribution < 1.29 is 9.53 Å². The molecule has 76 valence electrons. The van der Waals surface area contributed by atoms with E-state index >= 15 is 0 Å². The molecule has 0 saturated heterocycles. The Balaban J connectivity index is 2.49. The zero-order valence-corrected chi connectivity index (χ0v) is 8.69. The van der Waals surface area contributed by atoms with Gasteiger partial charge in [0.25, 0.3) is 0 Å². The van der Waals surface area contributed by atoms with Crippen LogP contribution in [0.4, 0.5) is 0 Å². The van der Waals surface area contributed by atoms with Crippen LogP contribution in [0.25, 0.3) is 0 Å². The number of rotatable bonds is 4. The number of carbonyl (C=O) groups excluding carboxylic acids is 1. The van der Waals surface area contributed by atoms with Crippen molar-refractivity contribution in [3.05, 3.63) is 36.0 Å². The zero-order chi connectivity index (χ0) is 10.4. The van der Waals surface area contributed by atoms with Crippen LogP contribution in [0.3, 0.4) is 0 Å². The van der Waals surface area contributed by atoms with Crippen LogP contribution in [0.1, 0.15) is 20.3 Å². The molecule has 0 aromatic heterocycles. The molecule has 1 aliphatic rings. The van der Waals surface area contributed by atoms with Crippen molar-refractivity contribution in [1.29, 1.82) is 0 Å². The number of esters is 1. The molecule has 0 aromatic rings. The SMILES string of the molecule is CCOC(=O)/C=C/C1=CC=CC1CC. The molecule has 0 fully saturated rings.